The molecule has 3 aromatic carbocycles. The van der Waals surface area contributed by atoms with Crippen LogP contribution < -0.4 is 9.04 Å². The molecular weight excluding hydrogens is 406 g/mol. The number of rotatable bonds is 8. The van der Waals surface area contributed by atoms with Gasteiger partial charge in [-0.2, -0.15) is 0 Å². The first-order valence-corrected chi connectivity index (χ1v) is 10.4. The van der Waals surface area contributed by atoms with Gasteiger partial charge in [0.1, 0.15) is 12.4 Å². The van der Waals surface area contributed by atoms with Crippen LogP contribution in [0.4, 0.5) is 5.69 Å². The van der Waals surface area contributed by atoms with Crippen molar-refractivity contribution in [3.63, 3.8) is 0 Å². The zero-order valence-electron chi connectivity index (χ0n) is 16.3. The molecule has 4 nitrogen and oxygen atoms in total. The number of halogens is 1. The molecule has 150 valence electrons. The highest BCUT2D eigenvalue weighted by atomic mass is 35.5. The number of anilines is 1. The van der Waals surface area contributed by atoms with Gasteiger partial charge in [-0.25, -0.2) is 4.79 Å². The van der Waals surface area contributed by atoms with Crippen molar-refractivity contribution in [1.82, 2.24) is 0 Å². The number of hydrogen-bond acceptors (Lipinski definition) is 5. The first-order chi connectivity index (χ1) is 14.1. The molecule has 6 heteroatoms. The smallest absolute Gasteiger partial charge is 0.337 e. The molecule has 0 amide bonds. The maximum Gasteiger partial charge on any atom is 0.337 e. The molecule has 0 saturated heterocycles. The molecule has 0 atom stereocenters. The molecule has 0 bridgehead atoms. The molecule has 29 heavy (non-hydrogen) atoms. The molecule has 0 N–H and O–H groups in total. The van der Waals surface area contributed by atoms with Crippen molar-refractivity contribution in [2.75, 3.05) is 18.5 Å². The summed E-state index contributed by atoms with van der Waals surface area (Å²) in [5.41, 5.74) is 3.35. The Hall–Kier alpha value is -2.63. The van der Waals surface area contributed by atoms with Crippen molar-refractivity contribution in [1.29, 1.82) is 0 Å². The highest BCUT2D eigenvalue weighted by molar-refractivity contribution is 8.00. The summed E-state index contributed by atoms with van der Waals surface area (Å²) in [5.74, 6) is 0.763. The van der Waals surface area contributed by atoms with Gasteiger partial charge in [-0.05, 0) is 65.5 Å². The van der Waals surface area contributed by atoms with E-state index in [1.165, 1.54) is 7.11 Å². The molecule has 0 saturated carbocycles. The van der Waals surface area contributed by atoms with E-state index in [0.29, 0.717) is 18.1 Å². The van der Waals surface area contributed by atoms with Crippen LogP contribution in [0, 0.1) is 0 Å². The highest BCUT2D eigenvalue weighted by Gasteiger charge is 2.12. The van der Waals surface area contributed by atoms with E-state index in [0.717, 1.165) is 27.5 Å². The second-order valence-corrected chi connectivity index (χ2v) is 7.82. The van der Waals surface area contributed by atoms with Crippen molar-refractivity contribution < 1.29 is 14.3 Å². The minimum Gasteiger partial charge on any atom is -0.489 e. The van der Waals surface area contributed by atoms with Gasteiger partial charge in [-0.3, -0.25) is 0 Å². The van der Waals surface area contributed by atoms with Gasteiger partial charge in [-0.1, -0.05) is 30.3 Å². The first kappa shape index (κ1) is 21.1. The quantitative estimate of drug-likeness (QED) is 0.253. The van der Waals surface area contributed by atoms with Crippen LogP contribution in [-0.4, -0.2) is 20.1 Å². The van der Waals surface area contributed by atoms with E-state index in [1.807, 2.05) is 72.0 Å². The van der Waals surface area contributed by atoms with Crippen LogP contribution in [0.1, 0.15) is 21.5 Å². The number of carbonyl (C=O) groups excluding carboxylic acids is 1. The molecule has 3 aromatic rings. The van der Waals surface area contributed by atoms with E-state index >= 15 is 0 Å². The molecule has 0 aromatic heterocycles. The Kier molecular flexibility index (Phi) is 7.44. The molecule has 0 aliphatic heterocycles. The number of benzene rings is 3. The monoisotopic (exact) mass is 427 g/mol. The van der Waals surface area contributed by atoms with Crippen LogP contribution >= 0.6 is 23.5 Å². The number of hydrogen-bond donors (Lipinski definition) is 0. The van der Waals surface area contributed by atoms with Gasteiger partial charge in [0.2, 0.25) is 0 Å². The van der Waals surface area contributed by atoms with E-state index in [-0.39, 0.29) is 5.97 Å². The summed E-state index contributed by atoms with van der Waals surface area (Å²) in [4.78, 5) is 13.0. The fourth-order valence-electron chi connectivity index (χ4n) is 2.72. The number of ether oxygens (including phenoxy) is 2. The van der Waals surface area contributed by atoms with E-state index in [9.17, 15) is 4.79 Å². The molecule has 0 radical (unpaired) electrons. The summed E-state index contributed by atoms with van der Waals surface area (Å²) in [6.07, 6.45) is 0. The van der Waals surface area contributed by atoms with Crippen LogP contribution in [0.5, 0.6) is 5.75 Å². The lowest BCUT2D eigenvalue weighted by Gasteiger charge is -2.19. The van der Waals surface area contributed by atoms with Crippen LogP contribution in [0.2, 0.25) is 0 Å². The SMILES string of the molecule is COC(=O)c1cc(CCl)cc(N(C)Sc2ccc(OCc3ccccc3)cc2)c1. The Morgan fingerprint density at radius 2 is 1.72 bits per heavy atom. The molecule has 0 aliphatic rings. The second kappa shape index (κ2) is 10.2. The molecule has 0 unspecified atom stereocenters. The normalized spacial score (nSPS) is 10.4. The standard InChI is InChI=1S/C23H22ClNO3S/c1-25(20-13-18(15-24)12-19(14-20)23(26)27-2)29-22-10-8-21(9-11-22)28-16-17-6-4-3-5-7-17/h3-14H,15-16H2,1-2H3. The number of alkyl halides is 1. The van der Waals surface area contributed by atoms with Gasteiger partial charge < -0.3 is 13.8 Å². The number of methoxy groups -OCH3 is 1. The van der Waals surface area contributed by atoms with Crippen LogP contribution in [0.25, 0.3) is 0 Å². The Morgan fingerprint density at radius 1 is 1.00 bits per heavy atom. The Balaban J connectivity index is 1.66. The fraction of sp³-hybridized carbons (Fsp3) is 0.174. The molecular formula is C23H22ClNO3S. The highest BCUT2D eigenvalue weighted by Crippen LogP contribution is 2.30. The lowest BCUT2D eigenvalue weighted by molar-refractivity contribution is 0.0600. The van der Waals surface area contributed by atoms with Crippen molar-refractivity contribution >= 4 is 35.2 Å². The topological polar surface area (TPSA) is 38.8 Å². The van der Waals surface area contributed by atoms with Gasteiger partial charge in [0.05, 0.1) is 12.7 Å². The average molecular weight is 428 g/mol. The predicted molar refractivity (Wildman–Crippen MR) is 119 cm³/mol. The van der Waals surface area contributed by atoms with Gasteiger partial charge in [0.15, 0.2) is 0 Å². The summed E-state index contributed by atoms with van der Waals surface area (Å²) in [5, 5.41) is 0. The third kappa shape index (κ3) is 5.92. The number of esters is 1. The van der Waals surface area contributed by atoms with Gasteiger partial charge in [-0.15, -0.1) is 11.6 Å². The van der Waals surface area contributed by atoms with E-state index < -0.39 is 0 Å². The fourth-order valence-corrected chi connectivity index (χ4v) is 3.66. The van der Waals surface area contributed by atoms with Gasteiger partial charge >= 0.3 is 5.97 Å². The third-order valence-corrected chi connectivity index (χ3v) is 5.51. The summed E-state index contributed by atoms with van der Waals surface area (Å²) in [6.45, 7) is 0.536. The van der Waals surface area contributed by atoms with Gasteiger partial charge in [0.25, 0.3) is 0 Å². The largest absolute Gasteiger partial charge is 0.489 e. The lowest BCUT2D eigenvalue weighted by atomic mass is 10.1. The van der Waals surface area contributed by atoms with Crippen molar-refractivity contribution in [3.8, 4) is 5.75 Å². The summed E-state index contributed by atoms with van der Waals surface area (Å²) >= 11 is 7.53. The van der Waals surface area contributed by atoms with Crippen LogP contribution in [0.15, 0.2) is 77.7 Å². The van der Waals surface area contributed by atoms with E-state index in [1.54, 1.807) is 24.1 Å². The van der Waals surface area contributed by atoms with Crippen LogP contribution in [0.3, 0.4) is 0 Å². The average Bonchev–Trinajstić information content (AvgIpc) is 2.78. The van der Waals surface area contributed by atoms with Crippen molar-refractivity contribution in [3.05, 3.63) is 89.5 Å². The lowest BCUT2D eigenvalue weighted by Crippen LogP contribution is -2.09. The van der Waals surface area contributed by atoms with Gasteiger partial charge in [0, 0.05) is 23.5 Å². The summed E-state index contributed by atoms with van der Waals surface area (Å²) in [6, 6.07) is 23.5. The van der Waals surface area contributed by atoms with Crippen molar-refractivity contribution in [2.45, 2.75) is 17.4 Å². The Morgan fingerprint density at radius 3 is 2.38 bits per heavy atom. The Bertz CT molecular complexity index is 948. The molecule has 0 heterocycles. The summed E-state index contributed by atoms with van der Waals surface area (Å²) in [7, 11) is 3.31. The maximum absolute atomic E-state index is 11.9. The summed E-state index contributed by atoms with van der Waals surface area (Å²) < 4.78 is 12.7. The predicted octanol–water partition coefficient (Wildman–Crippen LogP) is 5.93. The van der Waals surface area contributed by atoms with E-state index in [4.69, 9.17) is 21.1 Å². The first-order valence-electron chi connectivity index (χ1n) is 9.06. The third-order valence-electron chi connectivity index (χ3n) is 4.23. The minimum atomic E-state index is -0.378. The zero-order valence-corrected chi connectivity index (χ0v) is 17.9. The molecule has 0 spiro atoms. The molecule has 0 fully saturated rings. The Labute approximate surface area is 180 Å². The number of nitrogens with zero attached hydrogens (tertiary/aromatic N) is 1. The van der Waals surface area contributed by atoms with Crippen LogP contribution in [-0.2, 0) is 17.2 Å². The van der Waals surface area contributed by atoms with Crippen molar-refractivity contribution in [2.24, 2.45) is 0 Å². The van der Waals surface area contributed by atoms with E-state index in [2.05, 4.69) is 0 Å². The maximum atomic E-state index is 11.9. The number of carbonyl (C=O) groups is 1. The minimum absolute atomic E-state index is 0.323. The second-order valence-electron chi connectivity index (χ2n) is 6.35. The zero-order chi connectivity index (χ0) is 20.6. The molecule has 0 aliphatic carbocycles. The molecule has 3 rings (SSSR count).